The first-order valence-electron chi connectivity index (χ1n) is 4.24. The second-order valence-corrected chi connectivity index (χ2v) is 2.83. The fraction of sp³-hybridized carbons (Fsp3) is 0.875. The molecule has 0 rings (SSSR count). The van der Waals surface area contributed by atoms with Crippen LogP contribution in [-0.4, -0.2) is 17.3 Å². The Kier molecular flexibility index (Phi) is 5.25. The molecule has 0 amide bonds. The summed E-state index contributed by atoms with van der Waals surface area (Å²) >= 11 is 0. The highest BCUT2D eigenvalue weighted by Gasteiger charge is 2.27. The lowest BCUT2D eigenvalue weighted by atomic mass is 9.93. The highest BCUT2D eigenvalue weighted by Crippen LogP contribution is 2.17. The van der Waals surface area contributed by atoms with Gasteiger partial charge >= 0.3 is 0 Å². The summed E-state index contributed by atoms with van der Waals surface area (Å²) in [6.07, 6.45) is 2.19. The lowest BCUT2D eigenvalue weighted by Gasteiger charge is -2.15. The van der Waals surface area contributed by atoms with Gasteiger partial charge in [0.2, 0.25) is 6.04 Å². The number of nitro groups is 1. The number of hydrogen-bond acceptors (Lipinski definition) is 3. The Labute approximate surface area is 72.1 Å². The van der Waals surface area contributed by atoms with Gasteiger partial charge in [-0.1, -0.05) is 13.8 Å². The predicted octanol–water partition coefficient (Wildman–Crippen LogP) is 1.66. The number of rotatable bonds is 6. The molecule has 0 radical (unpaired) electrons. The van der Waals surface area contributed by atoms with Gasteiger partial charge in [0, 0.05) is 10.8 Å². The lowest BCUT2D eigenvalue weighted by molar-refractivity contribution is -0.531. The normalized spacial score (nSPS) is 12.9. The van der Waals surface area contributed by atoms with E-state index in [2.05, 4.69) is 0 Å². The standard InChI is InChI=1S/C8H15NO3/c1-3-7(4-2)8(5-6-10)9(11)12/h6-8H,3-5H2,1-2H3. The van der Waals surface area contributed by atoms with E-state index in [1.165, 1.54) is 0 Å². The van der Waals surface area contributed by atoms with Crippen LogP contribution in [0.25, 0.3) is 0 Å². The molecule has 0 aromatic rings. The lowest BCUT2D eigenvalue weighted by Crippen LogP contribution is -2.28. The van der Waals surface area contributed by atoms with Gasteiger partial charge in [0.05, 0.1) is 6.42 Å². The molecule has 0 aliphatic carbocycles. The molecule has 70 valence electrons. The summed E-state index contributed by atoms with van der Waals surface area (Å²) in [5, 5.41) is 10.5. The molecule has 0 saturated carbocycles. The van der Waals surface area contributed by atoms with Gasteiger partial charge in [-0.15, -0.1) is 0 Å². The molecule has 0 spiro atoms. The first-order valence-corrected chi connectivity index (χ1v) is 4.24. The maximum Gasteiger partial charge on any atom is 0.222 e. The zero-order chi connectivity index (χ0) is 9.56. The second kappa shape index (κ2) is 5.69. The topological polar surface area (TPSA) is 60.2 Å². The third kappa shape index (κ3) is 2.98. The Morgan fingerprint density at radius 1 is 1.42 bits per heavy atom. The van der Waals surface area contributed by atoms with E-state index in [0.717, 1.165) is 12.8 Å². The zero-order valence-electron chi connectivity index (χ0n) is 7.53. The Hall–Kier alpha value is -0.930. The molecule has 4 heteroatoms. The molecule has 0 bridgehead atoms. The van der Waals surface area contributed by atoms with E-state index < -0.39 is 6.04 Å². The predicted molar refractivity (Wildman–Crippen MR) is 45.5 cm³/mol. The van der Waals surface area contributed by atoms with Gasteiger partial charge in [-0.2, -0.15) is 0 Å². The van der Waals surface area contributed by atoms with Crippen molar-refractivity contribution in [3.05, 3.63) is 10.1 Å². The van der Waals surface area contributed by atoms with E-state index in [4.69, 9.17) is 0 Å². The van der Waals surface area contributed by atoms with Gasteiger partial charge in [0.15, 0.2) is 0 Å². The van der Waals surface area contributed by atoms with Crippen LogP contribution in [-0.2, 0) is 4.79 Å². The average Bonchev–Trinajstić information content (AvgIpc) is 2.05. The first-order chi connectivity index (χ1) is 5.67. The Morgan fingerprint density at radius 3 is 2.17 bits per heavy atom. The zero-order valence-corrected chi connectivity index (χ0v) is 7.53. The van der Waals surface area contributed by atoms with Crippen molar-refractivity contribution in [3.8, 4) is 0 Å². The van der Waals surface area contributed by atoms with Gasteiger partial charge in [0.1, 0.15) is 6.29 Å². The smallest absolute Gasteiger partial charge is 0.222 e. The van der Waals surface area contributed by atoms with Crippen molar-refractivity contribution in [1.82, 2.24) is 0 Å². The van der Waals surface area contributed by atoms with E-state index in [-0.39, 0.29) is 17.3 Å². The molecule has 0 aliphatic rings. The Balaban J connectivity index is 4.24. The van der Waals surface area contributed by atoms with Crippen molar-refractivity contribution in [2.75, 3.05) is 0 Å². The molecule has 0 N–H and O–H groups in total. The van der Waals surface area contributed by atoms with Gasteiger partial charge in [-0.05, 0) is 12.8 Å². The summed E-state index contributed by atoms with van der Waals surface area (Å²) in [5.74, 6) is 0.0326. The second-order valence-electron chi connectivity index (χ2n) is 2.83. The quantitative estimate of drug-likeness (QED) is 0.348. The number of carbonyl (C=O) groups excluding carboxylic acids is 1. The highest BCUT2D eigenvalue weighted by atomic mass is 16.6. The minimum Gasteiger partial charge on any atom is -0.303 e. The minimum atomic E-state index is -0.683. The van der Waals surface area contributed by atoms with Crippen molar-refractivity contribution in [3.63, 3.8) is 0 Å². The van der Waals surface area contributed by atoms with E-state index in [0.29, 0.717) is 6.29 Å². The van der Waals surface area contributed by atoms with Crippen LogP contribution in [0, 0.1) is 16.0 Å². The van der Waals surface area contributed by atoms with Crippen LogP contribution in [0.5, 0.6) is 0 Å². The van der Waals surface area contributed by atoms with Crippen LogP contribution in [0.3, 0.4) is 0 Å². The molecular weight excluding hydrogens is 158 g/mol. The molecular formula is C8H15NO3. The highest BCUT2D eigenvalue weighted by molar-refractivity contribution is 5.50. The Bertz CT molecular complexity index is 154. The van der Waals surface area contributed by atoms with E-state index in [1.807, 2.05) is 13.8 Å². The maximum atomic E-state index is 10.5. The molecule has 1 atom stereocenters. The van der Waals surface area contributed by atoms with Gasteiger partial charge in [-0.3, -0.25) is 10.1 Å². The monoisotopic (exact) mass is 173 g/mol. The van der Waals surface area contributed by atoms with Crippen molar-refractivity contribution in [2.45, 2.75) is 39.2 Å². The minimum absolute atomic E-state index is 0.0326. The summed E-state index contributed by atoms with van der Waals surface area (Å²) in [4.78, 5) is 20.3. The number of aldehydes is 1. The average molecular weight is 173 g/mol. The molecule has 0 aromatic heterocycles. The molecule has 0 fully saturated rings. The number of carbonyl (C=O) groups is 1. The Morgan fingerprint density at radius 2 is 1.92 bits per heavy atom. The van der Waals surface area contributed by atoms with Gasteiger partial charge in [0.25, 0.3) is 0 Å². The molecule has 4 nitrogen and oxygen atoms in total. The molecule has 0 aromatic carbocycles. The van der Waals surface area contributed by atoms with Gasteiger partial charge in [-0.25, -0.2) is 0 Å². The van der Waals surface area contributed by atoms with E-state index in [1.54, 1.807) is 0 Å². The van der Waals surface area contributed by atoms with Crippen molar-refractivity contribution >= 4 is 6.29 Å². The number of hydrogen-bond donors (Lipinski definition) is 0. The molecule has 0 heterocycles. The van der Waals surface area contributed by atoms with E-state index >= 15 is 0 Å². The summed E-state index contributed by atoms with van der Waals surface area (Å²) in [6, 6.07) is -0.683. The van der Waals surface area contributed by atoms with Crippen LogP contribution >= 0.6 is 0 Å². The summed E-state index contributed by atoms with van der Waals surface area (Å²) in [7, 11) is 0. The fourth-order valence-corrected chi connectivity index (χ4v) is 1.38. The van der Waals surface area contributed by atoms with E-state index in [9.17, 15) is 14.9 Å². The van der Waals surface area contributed by atoms with Crippen molar-refractivity contribution in [2.24, 2.45) is 5.92 Å². The molecule has 0 saturated heterocycles. The molecule has 12 heavy (non-hydrogen) atoms. The first kappa shape index (κ1) is 11.1. The van der Waals surface area contributed by atoms with Crippen LogP contribution < -0.4 is 0 Å². The summed E-state index contributed by atoms with van der Waals surface area (Å²) in [6.45, 7) is 3.82. The maximum absolute atomic E-state index is 10.5. The van der Waals surface area contributed by atoms with Crippen LogP contribution in [0.4, 0.5) is 0 Å². The summed E-state index contributed by atoms with van der Waals surface area (Å²) in [5.41, 5.74) is 0. The SMILES string of the molecule is CCC(CC)C(CC=O)[N+](=O)[O-]. The van der Waals surface area contributed by atoms with Crippen LogP contribution in [0.1, 0.15) is 33.1 Å². The largest absolute Gasteiger partial charge is 0.303 e. The summed E-state index contributed by atoms with van der Waals surface area (Å²) < 4.78 is 0. The van der Waals surface area contributed by atoms with Gasteiger partial charge < -0.3 is 4.79 Å². The van der Waals surface area contributed by atoms with Crippen molar-refractivity contribution in [1.29, 1.82) is 0 Å². The van der Waals surface area contributed by atoms with Crippen LogP contribution in [0.15, 0.2) is 0 Å². The fourth-order valence-electron chi connectivity index (χ4n) is 1.38. The number of nitrogens with zero attached hydrogens (tertiary/aromatic N) is 1. The van der Waals surface area contributed by atoms with Crippen molar-refractivity contribution < 1.29 is 9.72 Å². The third-order valence-electron chi connectivity index (χ3n) is 2.20. The third-order valence-corrected chi connectivity index (χ3v) is 2.20. The van der Waals surface area contributed by atoms with Crippen LogP contribution in [0.2, 0.25) is 0 Å². The molecule has 1 unspecified atom stereocenters. The molecule has 0 aliphatic heterocycles.